The molecule has 0 radical (unpaired) electrons. The molecule has 3 aromatic heterocycles. The molecule has 26 heavy (non-hydrogen) atoms. The summed E-state index contributed by atoms with van der Waals surface area (Å²) in [7, 11) is 0. The van der Waals surface area contributed by atoms with Crippen LogP contribution in [0.1, 0.15) is 27.9 Å². The van der Waals surface area contributed by atoms with Crippen LogP contribution in [0.5, 0.6) is 0 Å². The highest BCUT2D eigenvalue weighted by Crippen LogP contribution is 2.24. The Morgan fingerprint density at radius 3 is 2.62 bits per heavy atom. The van der Waals surface area contributed by atoms with Gasteiger partial charge in [-0.2, -0.15) is 16.4 Å². The Kier molecular flexibility index (Phi) is 5.85. The van der Waals surface area contributed by atoms with Crippen LogP contribution in [-0.2, 0) is 16.1 Å². The molecule has 0 fully saturated rings. The number of hydrogen-bond donors (Lipinski definition) is 2. The lowest BCUT2D eigenvalue weighted by Gasteiger charge is -2.18. The summed E-state index contributed by atoms with van der Waals surface area (Å²) in [5.41, 5.74) is 2.91. The first-order valence-electron chi connectivity index (χ1n) is 8.18. The zero-order valence-electron chi connectivity index (χ0n) is 14.6. The Bertz CT molecular complexity index is 869. The standard InChI is InChI=1S/C18H20N4O2S2/c1-12-8-13(2)22(21-12)15(16-4-3-6-26-16)10-20-18(24)17(23)19-9-14-5-7-25-11-14/h3-8,11,15H,9-10H2,1-2H3,(H,19,23)(H,20,24). The van der Waals surface area contributed by atoms with Crippen LogP contribution >= 0.6 is 22.7 Å². The summed E-state index contributed by atoms with van der Waals surface area (Å²) in [6, 6.07) is 7.74. The fraction of sp³-hybridized carbons (Fsp3) is 0.278. The molecule has 0 saturated carbocycles. The van der Waals surface area contributed by atoms with Crippen molar-refractivity contribution in [2.45, 2.75) is 26.4 Å². The molecule has 0 bridgehead atoms. The molecular formula is C18H20N4O2S2. The number of nitrogens with zero attached hydrogens (tertiary/aromatic N) is 2. The predicted octanol–water partition coefficient (Wildman–Crippen LogP) is 2.64. The minimum Gasteiger partial charge on any atom is -0.345 e. The molecule has 6 nitrogen and oxygen atoms in total. The summed E-state index contributed by atoms with van der Waals surface area (Å²) in [6.07, 6.45) is 0. The number of carbonyl (C=O) groups is 2. The predicted molar refractivity (Wildman–Crippen MR) is 103 cm³/mol. The van der Waals surface area contributed by atoms with Crippen molar-refractivity contribution in [2.24, 2.45) is 0 Å². The number of thiophene rings is 2. The van der Waals surface area contributed by atoms with E-state index in [2.05, 4.69) is 15.7 Å². The van der Waals surface area contributed by atoms with Gasteiger partial charge in [-0.1, -0.05) is 6.07 Å². The van der Waals surface area contributed by atoms with Gasteiger partial charge in [0.1, 0.15) is 6.04 Å². The van der Waals surface area contributed by atoms with Gasteiger partial charge in [0.15, 0.2) is 0 Å². The van der Waals surface area contributed by atoms with E-state index in [1.165, 1.54) is 0 Å². The summed E-state index contributed by atoms with van der Waals surface area (Å²) in [4.78, 5) is 25.2. The summed E-state index contributed by atoms with van der Waals surface area (Å²) in [5, 5.41) is 15.8. The third kappa shape index (κ3) is 4.39. The highest BCUT2D eigenvalue weighted by molar-refractivity contribution is 7.10. The summed E-state index contributed by atoms with van der Waals surface area (Å²) in [6.45, 7) is 4.57. The molecule has 0 aromatic carbocycles. The Hall–Kier alpha value is -2.45. The minimum atomic E-state index is -0.636. The fourth-order valence-electron chi connectivity index (χ4n) is 2.68. The van der Waals surface area contributed by atoms with Crippen LogP contribution in [0, 0.1) is 13.8 Å². The molecule has 2 amide bonds. The first-order chi connectivity index (χ1) is 12.5. The average Bonchev–Trinajstić information content (AvgIpc) is 3.36. The molecule has 1 atom stereocenters. The molecular weight excluding hydrogens is 368 g/mol. The summed E-state index contributed by atoms with van der Waals surface area (Å²) < 4.78 is 1.89. The van der Waals surface area contributed by atoms with E-state index in [9.17, 15) is 9.59 Å². The molecule has 3 rings (SSSR count). The van der Waals surface area contributed by atoms with Crippen LogP contribution in [0.15, 0.2) is 40.4 Å². The normalized spacial score (nSPS) is 11.9. The molecule has 3 heterocycles. The van der Waals surface area contributed by atoms with Crippen LogP contribution < -0.4 is 10.6 Å². The number of rotatable bonds is 6. The third-order valence-electron chi connectivity index (χ3n) is 3.91. The SMILES string of the molecule is Cc1cc(C)n(C(CNC(=O)C(=O)NCc2ccsc2)c2cccs2)n1. The number of aryl methyl sites for hydroxylation is 2. The van der Waals surface area contributed by atoms with Gasteiger partial charge in [-0.05, 0) is 53.8 Å². The van der Waals surface area contributed by atoms with Crippen molar-refractivity contribution in [3.8, 4) is 0 Å². The maximum absolute atomic E-state index is 12.2. The van der Waals surface area contributed by atoms with E-state index < -0.39 is 11.8 Å². The number of carbonyl (C=O) groups excluding carboxylic acids is 2. The lowest BCUT2D eigenvalue weighted by molar-refractivity contribution is -0.139. The Labute approximate surface area is 159 Å². The largest absolute Gasteiger partial charge is 0.345 e. The zero-order valence-corrected chi connectivity index (χ0v) is 16.2. The van der Waals surface area contributed by atoms with Crippen molar-refractivity contribution < 1.29 is 9.59 Å². The average molecular weight is 389 g/mol. The lowest BCUT2D eigenvalue weighted by atomic mass is 10.2. The highest BCUT2D eigenvalue weighted by Gasteiger charge is 2.21. The van der Waals surface area contributed by atoms with Crippen molar-refractivity contribution in [1.29, 1.82) is 0 Å². The van der Waals surface area contributed by atoms with E-state index in [0.717, 1.165) is 21.8 Å². The number of hydrogen-bond acceptors (Lipinski definition) is 5. The van der Waals surface area contributed by atoms with E-state index in [4.69, 9.17) is 0 Å². The van der Waals surface area contributed by atoms with Crippen LogP contribution in [0.25, 0.3) is 0 Å². The molecule has 0 aliphatic heterocycles. The maximum atomic E-state index is 12.2. The van der Waals surface area contributed by atoms with Gasteiger partial charge < -0.3 is 10.6 Å². The Balaban J connectivity index is 1.63. The molecule has 1 unspecified atom stereocenters. The number of nitrogens with one attached hydrogen (secondary N) is 2. The summed E-state index contributed by atoms with van der Waals surface area (Å²) >= 11 is 3.15. The van der Waals surface area contributed by atoms with Crippen molar-refractivity contribution in [2.75, 3.05) is 6.54 Å². The van der Waals surface area contributed by atoms with E-state index in [0.29, 0.717) is 13.1 Å². The molecule has 136 valence electrons. The van der Waals surface area contributed by atoms with Gasteiger partial charge in [0.25, 0.3) is 0 Å². The Morgan fingerprint density at radius 2 is 2.00 bits per heavy atom. The highest BCUT2D eigenvalue weighted by atomic mass is 32.1. The number of amides is 2. The van der Waals surface area contributed by atoms with E-state index in [1.54, 1.807) is 22.7 Å². The van der Waals surface area contributed by atoms with E-state index in [-0.39, 0.29) is 6.04 Å². The molecule has 2 N–H and O–H groups in total. The second-order valence-corrected chi connectivity index (χ2v) is 7.69. The van der Waals surface area contributed by atoms with E-state index in [1.807, 2.05) is 58.9 Å². The van der Waals surface area contributed by atoms with Crippen molar-refractivity contribution in [1.82, 2.24) is 20.4 Å². The van der Waals surface area contributed by atoms with Gasteiger partial charge >= 0.3 is 11.8 Å². The molecule has 8 heteroatoms. The van der Waals surface area contributed by atoms with Crippen molar-refractivity contribution in [3.63, 3.8) is 0 Å². The molecule has 3 aromatic rings. The van der Waals surface area contributed by atoms with Crippen LogP contribution in [-0.4, -0.2) is 28.1 Å². The lowest BCUT2D eigenvalue weighted by Crippen LogP contribution is -2.42. The summed E-state index contributed by atoms with van der Waals surface area (Å²) in [5.74, 6) is -1.27. The second-order valence-electron chi connectivity index (χ2n) is 5.93. The number of aromatic nitrogens is 2. The molecule has 0 saturated heterocycles. The van der Waals surface area contributed by atoms with Crippen molar-refractivity contribution >= 4 is 34.5 Å². The van der Waals surface area contributed by atoms with Gasteiger partial charge in [-0.15, -0.1) is 11.3 Å². The Morgan fingerprint density at radius 1 is 1.19 bits per heavy atom. The van der Waals surface area contributed by atoms with Gasteiger partial charge in [0.05, 0.1) is 5.69 Å². The zero-order chi connectivity index (χ0) is 18.5. The van der Waals surface area contributed by atoms with Gasteiger partial charge in [0, 0.05) is 23.7 Å². The van der Waals surface area contributed by atoms with Gasteiger partial charge in [-0.3, -0.25) is 14.3 Å². The minimum absolute atomic E-state index is 0.141. The molecule has 0 spiro atoms. The topological polar surface area (TPSA) is 76.0 Å². The smallest absolute Gasteiger partial charge is 0.309 e. The quantitative estimate of drug-likeness (QED) is 0.638. The van der Waals surface area contributed by atoms with Crippen LogP contribution in [0.4, 0.5) is 0 Å². The third-order valence-corrected chi connectivity index (χ3v) is 5.61. The molecule has 0 aliphatic rings. The first-order valence-corrected chi connectivity index (χ1v) is 10.00. The fourth-order valence-corrected chi connectivity index (χ4v) is 4.16. The first kappa shape index (κ1) is 18.3. The monoisotopic (exact) mass is 388 g/mol. The van der Waals surface area contributed by atoms with Crippen molar-refractivity contribution in [3.05, 3.63) is 62.2 Å². The van der Waals surface area contributed by atoms with Crippen LogP contribution in [0.3, 0.4) is 0 Å². The molecule has 0 aliphatic carbocycles. The van der Waals surface area contributed by atoms with E-state index >= 15 is 0 Å². The maximum Gasteiger partial charge on any atom is 0.309 e. The second kappa shape index (κ2) is 8.29. The van der Waals surface area contributed by atoms with Gasteiger partial charge in [0.2, 0.25) is 0 Å². The van der Waals surface area contributed by atoms with Crippen LogP contribution in [0.2, 0.25) is 0 Å². The van der Waals surface area contributed by atoms with Gasteiger partial charge in [-0.25, -0.2) is 0 Å².